The van der Waals surface area contributed by atoms with Gasteiger partial charge in [-0.1, -0.05) is 6.08 Å². The molecule has 2 heteroatoms. The van der Waals surface area contributed by atoms with Crippen LogP contribution in [0.3, 0.4) is 0 Å². The van der Waals surface area contributed by atoms with Crippen molar-refractivity contribution in [1.29, 1.82) is 0 Å². The first-order valence-electron chi connectivity index (χ1n) is 3.49. The van der Waals surface area contributed by atoms with Crippen LogP contribution in [-0.2, 0) is 6.42 Å². The number of oxazole rings is 1. The van der Waals surface area contributed by atoms with Crippen molar-refractivity contribution in [1.82, 2.24) is 4.98 Å². The second-order valence-electron chi connectivity index (χ2n) is 2.48. The van der Waals surface area contributed by atoms with Crippen LogP contribution in [0.2, 0.25) is 0 Å². The molecule has 1 aliphatic carbocycles. The molecule has 0 saturated carbocycles. The van der Waals surface area contributed by atoms with Crippen molar-refractivity contribution in [2.45, 2.75) is 19.8 Å². The largest absolute Gasteiger partial charge is 0.445 e. The molecule has 0 fully saturated rings. The number of allylic oxidation sites excluding steroid dienone is 1. The van der Waals surface area contributed by atoms with Crippen molar-refractivity contribution in [2.24, 2.45) is 0 Å². The van der Waals surface area contributed by atoms with Gasteiger partial charge in [-0.2, -0.15) is 0 Å². The van der Waals surface area contributed by atoms with Crippen LogP contribution in [0.5, 0.6) is 0 Å². The Kier molecular flexibility index (Phi) is 1.13. The molecule has 1 heterocycles. The van der Waals surface area contributed by atoms with Gasteiger partial charge in [-0.05, 0) is 12.5 Å². The predicted molar refractivity (Wildman–Crippen MR) is 38.6 cm³/mol. The third-order valence-corrected chi connectivity index (χ3v) is 1.65. The molecule has 0 saturated heterocycles. The smallest absolute Gasteiger partial charge is 0.191 e. The molecule has 0 atom stereocenters. The van der Waals surface area contributed by atoms with E-state index in [1.807, 2.05) is 13.0 Å². The number of aromatic nitrogens is 1. The summed E-state index contributed by atoms with van der Waals surface area (Å²) < 4.78 is 5.34. The summed E-state index contributed by atoms with van der Waals surface area (Å²) in [4.78, 5) is 4.20. The van der Waals surface area contributed by atoms with Gasteiger partial charge >= 0.3 is 0 Å². The summed E-state index contributed by atoms with van der Waals surface area (Å²) in [5.41, 5.74) is 1.02. The zero-order chi connectivity index (χ0) is 6.97. The Hall–Kier alpha value is -1.05. The van der Waals surface area contributed by atoms with Crippen molar-refractivity contribution in [3.63, 3.8) is 0 Å². The highest BCUT2D eigenvalue weighted by atomic mass is 16.4. The van der Waals surface area contributed by atoms with Crippen molar-refractivity contribution < 1.29 is 4.42 Å². The summed E-state index contributed by atoms with van der Waals surface area (Å²) in [6, 6.07) is 0. The lowest BCUT2D eigenvalue weighted by Crippen LogP contribution is -1.88. The third kappa shape index (κ3) is 0.764. The quantitative estimate of drug-likeness (QED) is 0.543. The molecule has 0 amide bonds. The minimum Gasteiger partial charge on any atom is -0.445 e. The van der Waals surface area contributed by atoms with Gasteiger partial charge in [0.2, 0.25) is 0 Å². The molecule has 0 radical (unpaired) electrons. The lowest BCUT2D eigenvalue weighted by atomic mass is 10.1. The van der Waals surface area contributed by atoms with Crippen molar-refractivity contribution in [3.8, 4) is 0 Å². The van der Waals surface area contributed by atoms with Gasteiger partial charge in [0.15, 0.2) is 5.89 Å². The van der Waals surface area contributed by atoms with Crippen molar-refractivity contribution >= 4 is 6.08 Å². The molecule has 1 aliphatic rings. The molecule has 10 heavy (non-hydrogen) atoms. The van der Waals surface area contributed by atoms with E-state index in [1.165, 1.54) is 0 Å². The van der Waals surface area contributed by atoms with E-state index in [9.17, 15) is 0 Å². The van der Waals surface area contributed by atoms with Crippen LogP contribution in [0.1, 0.15) is 23.8 Å². The molecular weight excluding hydrogens is 126 g/mol. The zero-order valence-corrected chi connectivity index (χ0v) is 5.92. The van der Waals surface area contributed by atoms with E-state index in [2.05, 4.69) is 11.1 Å². The lowest BCUT2D eigenvalue weighted by Gasteiger charge is -1.98. The molecular formula is C8H9NO. The maximum atomic E-state index is 5.34. The van der Waals surface area contributed by atoms with Crippen LogP contribution in [0.15, 0.2) is 10.5 Å². The monoisotopic (exact) mass is 135 g/mol. The van der Waals surface area contributed by atoms with E-state index in [-0.39, 0.29) is 0 Å². The first kappa shape index (κ1) is 5.71. The molecule has 2 rings (SSSR count). The molecule has 2 nitrogen and oxygen atoms in total. The Morgan fingerprint density at radius 3 is 3.30 bits per heavy atom. The Balaban J connectivity index is 2.53. The number of hydrogen-bond donors (Lipinski definition) is 0. The Morgan fingerprint density at radius 1 is 1.60 bits per heavy atom. The average Bonchev–Trinajstić information content (AvgIpc) is 2.27. The predicted octanol–water partition coefficient (Wildman–Crippen LogP) is 1.94. The summed E-state index contributed by atoms with van der Waals surface area (Å²) in [5, 5.41) is 0. The van der Waals surface area contributed by atoms with Gasteiger partial charge in [0.1, 0.15) is 11.5 Å². The maximum absolute atomic E-state index is 5.34. The second-order valence-corrected chi connectivity index (χ2v) is 2.48. The van der Waals surface area contributed by atoms with E-state index in [0.717, 1.165) is 30.2 Å². The molecule has 0 spiro atoms. The fourth-order valence-corrected chi connectivity index (χ4v) is 1.20. The van der Waals surface area contributed by atoms with E-state index in [1.54, 1.807) is 0 Å². The highest BCUT2D eigenvalue weighted by molar-refractivity contribution is 5.49. The third-order valence-electron chi connectivity index (χ3n) is 1.65. The first-order valence-corrected chi connectivity index (χ1v) is 3.49. The molecule has 0 unspecified atom stereocenters. The SMILES string of the molecule is Cc1nc2c(o1)CCC=C2. The van der Waals surface area contributed by atoms with Gasteiger partial charge in [0.05, 0.1) is 0 Å². The average molecular weight is 135 g/mol. The first-order chi connectivity index (χ1) is 4.86. The lowest BCUT2D eigenvalue weighted by molar-refractivity contribution is 0.474. The number of aryl methyl sites for hydroxylation is 2. The molecule has 0 aromatic carbocycles. The topological polar surface area (TPSA) is 26.0 Å². The summed E-state index contributed by atoms with van der Waals surface area (Å²) in [5.74, 6) is 1.82. The van der Waals surface area contributed by atoms with Gasteiger partial charge < -0.3 is 4.42 Å². The maximum Gasteiger partial charge on any atom is 0.191 e. The molecule has 0 N–H and O–H groups in total. The number of rotatable bonds is 0. The molecule has 52 valence electrons. The van der Waals surface area contributed by atoms with Crippen LogP contribution in [0, 0.1) is 6.92 Å². The van der Waals surface area contributed by atoms with Crippen molar-refractivity contribution in [3.05, 3.63) is 23.4 Å². The van der Waals surface area contributed by atoms with Gasteiger partial charge in [0.25, 0.3) is 0 Å². The van der Waals surface area contributed by atoms with E-state index in [0.29, 0.717) is 0 Å². The van der Waals surface area contributed by atoms with Crippen LogP contribution in [0.25, 0.3) is 6.08 Å². The highest BCUT2D eigenvalue weighted by Gasteiger charge is 2.09. The fraction of sp³-hybridized carbons (Fsp3) is 0.375. The Labute approximate surface area is 59.6 Å². The number of nitrogens with zero attached hydrogens (tertiary/aromatic N) is 1. The summed E-state index contributed by atoms with van der Waals surface area (Å²) in [7, 11) is 0. The Bertz CT molecular complexity index is 273. The van der Waals surface area contributed by atoms with Gasteiger partial charge in [-0.3, -0.25) is 0 Å². The van der Waals surface area contributed by atoms with Crippen molar-refractivity contribution in [2.75, 3.05) is 0 Å². The molecule has 1 aromatic rings. The van der Waals surface area contributed by atoms with Crippen LogP contribution < -0.4 is 0 Å². The summed E-state index contributed by atoms with van der Waals surface area (Å²) in [6.07, 6.45) is 6.24. The second kappa shape index (κ2) is 1.97. The standard InChI is InChI=1S/C8H9NO/c1-6-9-7-4-2-3-5-8(7)10-6/h2,4H,3,5H2,1H3. The van der Waals surface area contributed by atoms with Gasteiger partial charge in [-0.15, -0.1) is 0 Å². The molecule has 1 aromatic heterocycles. The van der Waals surface area contributed by atoms with Crippen LogP contribution in [0.4, 0.5) is 0 Å². The van der Waals surface area contributed by atoms with Crippen LogP contribution in [-0.4, -0.2) is 4.98 Å². The molecule has 0 aliphatic heterocycles. The fourth-order valence-electron chi connectivity index (χ4n) is 1.20. The van der Waals surface area contributed by atoms with E-state index < -0.39 is 0 Å². The van der Waals surface area contributed by atoms with Gasteiger partial charge in [0, 0.05) is 13.3 Å². The van der Waals surface area contributed by atoms with Gasteiger partial charge in [-0.25, -0.2) is 4.98 Å². The van der Waals surface area contributed by atoms with E-state index in [4.69, 9.17) is 4.42 Å². The minimum absolute atomic E-state index is 0.775. The zero-order valence-electron chi connectivity index (χ0n) is 5.92. The normalized spacial score (nSPS) is 15.3. The Morgan fingerprint density at radius 2 is 2.50 bits per heavy atom. The highest BCUT2D eigenvalue weighted by Crippen LogP contribution is 2.18. The number of fused-ring (bicyclic) bond motifs is 1. The number of hydrogen-bond acceptors (Lipinski definition) is 2. The minimum atomic E-state index is 0.775. The molecule has 0 bridgehead atoms. The van der Waals surface area contributed by atoms with Crippen LogP contribution >= 0.6 is 0 Å². The summed E-state index contributed by atoms with van der Waals surface area (Å²) in [6.45, 7) is 1.88. The van der Waals surface area contributed by atoms with E-state index >= 15 is 0 Å². The summed E-state index contributed by atoms with van der Waals surface area (Å²) >= 11 is 0.